The van der Waals surface area contributed by atoms with E-state index in [9.17, 15) is 18.5 Å². The number of para-hydroxylation sites is 1. The van der Waals surface area contributed by atoms with Crippen molar-refractivity contribution in [1.82, 2.24) is 14.5 Å². The second kappa shape index (κ2) is 9.13. The Kier molecular flexibility index (Phi) is 6.43. The molecule has 1 fully saturated rings. The molecule has 0 aliphatic carbocycles. The molecule has 3 aromatic rings. The summed E-state index contributed by atoms with van der Waals surface area (Å²) in [7, 11) is -1.73. The topological polar surface area (TPSA) is 111 Å². The lowest BCUT2D eigenvalue weighted by Gasteiger charge is -2.37. The molecule has 3 heterocycles. The minimum atomic E-state index is -3.37. The molecule has 1 N–H and O–H groups in total. The zero-order valence-electron chi connectivity index (χ0n) is 18.2. The van der Waals surface area contributed by atoms with Crippen LogP contribution in [0.15, 0.2) is 45.8 Å². The van der Waals surface area contributed by atoms with E-state index < -0.39 is 10.0 Å². The zero-order valence-corrected chi connectivity index (χ0v) is 20.6. The van der Waals surface area contributed by atoms with Gasteiger partial charge in [-0.05, 0) is 39.7 Å². The van der Waals surface area contributed by atoms with Crippen molar-refractivity contribution >= 4 is 48.4 Å². The molecule has 0 amide bonds. The first-order chi connectivity index (χ1) is 15.7. The predicted molar refractivity (Wildman–Crippen MR) is 132 cm³/mol. The number of pyridine rings is 2. The van der Waals surface area contributed by atoms with Crippen molar-refractivity contribution in [3.05, 3.63) is 62.5 Å². The number of fused-ring (bicyclic) bond motifs is 1. The van der Waals surface area contributed by atoms with Crippen LogP contribution in [0, 0.1) is 11.3 Å². The number of rotatable bonds is 5. The first-order valence-corrected chi connectivity index (χ1v) is 13.0. The van der Waals surface area contributed by atoms with Gasteiger partial charge in [-0.25, -0.2) is 13.4 Å². The Bertz CT molecular complexity index is 1420. The minimum Gasteiger partial charge on any atom is -0.366 e. The molecule has 0 atom stereocenters. The molecule has 0 saturated carbocycles. The highest BCUT2D eigenvalue weighted by molar-refractivity contribution is 9.10. The van der Waals surface area contributed by atoms with Gasteiger partial charge in [-0.15, -0.1) is 0 Å². The van der Waals surface area contributed by atoms with Crippen molar-refractivity contribution in [2.75, 3.05) is 42.1 Å². The van der Waals surface area contributed by atoms with Gasteiger partial charge < -0.3 is 9.47 Å². The van der Waals surface area contributed by atoms with Crippen LogP contribution in [0.1, 0.15) is 11.1 Å². The van der Waals surface area contributed by atoms with E-state index in [0.29, 0.717) is 59.7 Å². The summed E-state index contributed by atoms with van der Waals surface area (Å²) >= 11 is 3.40. The number of anilines is 2. The number of halogens is 1. The Hall–Kier alpha value is -2.94. The average molecular weight is 531 g/mol. The first-order valence-electron chi connectivity index (χ1n) is 10.3. The molecule has 0 bridgehead atoms. The second-order valence-electron chi connectivity index (χ2n) is 8.00. The largest absolute Gasteiger partial charge is 0.366 e. The number of nitrogens with zero attached hydrogens (tertiary/aromatic N) is 5. The summed E-state index contributed by atoms with van der Waals surface area (Å²) in [4.78, 5) is 21.7. The molecule has 0 unspecified atom stereocenters. The Morgan fingerprint density at radius 1 is 1.15 bits per heavy atom. The number of piperazine rings is 1. The summed E-state index contributed by atoms with van der Waals surface area (Å²) in [6.45, 7) is 3.16. The lowest BCUT2D eigenvalue weighted by atomic mass is 10.1. The summed E-state index contributed by atoms with van der Waals surface area (Å²) in [5.74, 6) is 0. The Morgan fingerprint density at radius 2 is 1.85 bits per heavy atom. The van der Waals surface area contributed by atoms with Crippen molar-refractivity contribution in [1.29, 1.82) is 5.26 Å². The SMILES string of the molecule is Cn1c(=O)c(C#N)c(N2CCN(Cc3ccccc3NS(C)(=O)=O)CC2)c2nc(Br)ccc21. The second-order valence-corrected chi connectivity index (χ2v) is 10.6. The molecule has 1 saturated heterocycles. The number of hydrogen-bond acceptors (Lipinski definition) is 7. The maximum atomic E-state index is 12.8. The van der Waals surface area contributed by atoms with E-state index in [1.165, 1.54) is 4.57 Å². The monoisotopic (exact) mass is 530 g/mol. The fraction of sp³-hybridized carbons (Fsp3) is 0.318. The molecule has 1 aliphatic rings. The average Bonchev–Trinajstić information content (AvgIpc) is 2.77. The molecule has 2 aromatic heterocycles. The quantitative estimate of drug-likeness (QED) is 0.503. The molecule has 33 heavy (non-hydrogen) atoms. The maximum absolute atomic E-state index is 12.8. The Labute approximate surface area is 200 Å². The van der Waals surface area contributed by atoms with E-state index in [0.717, 1.165) is 11.8 Å². The van der Waals surface area contributed by atoms with Gasteiger partial charge in [0, 0.05) is 39.8 Å². The van der Waals surface area contributed by atoms with Gasteiger partial charge in [-0.1, -0.05) is 18.2 Å². The van der Waals surface area contributed by atoms with E-state index in [1.807, 2.05) is 23.1 Å². The smallest absolute Gasteiger partial charge is 0.270 e. The number of benzene rings is 1. The fourth-order valence-electron chi connectivity index (χ4n) is 4.11. The number of nitrogens with one attached hydrogen (secondary N) is 1. The lowest BCUT2D eigenvalue weighted by molar-refractivity contribution is 0.250. The molecule has 4 rings (SSSR count). The van der Waals surface area contributed by atoms with Crippen LogP contribution in [0.2, 0.25) is 0 Å². The summed E-state index contributed by atoms with van der Waals surface area (Å²) in [6, 6.07) is 13.0. The minimum absolute atomic E-state index is 0.0896. The van der Waals surface area contributed by atoms with Gasteiger partial charge >= 0.3 is 0 Å². The van der Waals surface area contributed by atoms with Gasteiger partial charge in [-0.3, -0.25) is 14.4 Å². The summed E-state index contributed by atoms with van der Waals surface area (Å²) in [5, 5.41) is 9.76. The van der Waals surface area contributed by atoms with E-state index in [-0.39, 0.29) is 11.1 Å². The third-order valence-corrected chi connectivity index (χ3v) is 6.72. The van der Waals surface area contributed by atoms with E-state index in [1.54, 1.807) is 25.2 Å². The Balaban J connectivity index is 1.60. The Morgan fingerprint density at radius 3 is 2.52 bits per heavy atom. The van der Waals surface area contributed by atoms with E-state index >= 15 is 0 Å². The molecule has 1 aromatic carbocycles. The first kappa shape index (κ1) is 23.2. The zero-order chi connectivity index (χ0) is 23.8. The van der Waals surface area contributed by atoms with E-state index in [2.05, 4.69) is 36.6 Å². The van der Waals surface area contributed by atoms with Crippen molar-refractivity contribution in [2.45, 2.75) is 6.54 Å². The number of aryl methyl sites for hydroxylation is 1. The number of sulfonamides is 1. The number of aromatic nitrogens is 2. The van der Waals surface area contributed by atoms with Crippen LogP contribution in [0.4, 0.5) is 11.4 Å². The van der Waals surface area contributed by atoms with Crippen LogP contribution in [-0.4, -0.2) is 55.3 Å². The van der Waals surface area contributed by atoms with Gasteiger partial charge in [0.15, 0.2) is 0 Å². The van der Waals surface area contributed by atoms with Crippen LogP contribution >= 0.6 is 15.9 Å². The van der Waals surface area contributed by atoms with Crippen LogP contribution < -0.4 is 15.2 Å². The third kappa shape index (κ3) is 4.88. The summed E-state index contributed by atoms with van der Waals surface area (Å²) in [6.07, 6.45) is 1.14. The van der Waals surface area contributed by atoms with Crippen LogP contribution in [0.5, 0.6) is 0 Å². The van der Waals surface area contributed by atoms with Gasteiger partial charge in [0.25, 0.3) is 5.56 Å². The molecular formula is C22H23BrN6O3S. The molecule has 1 aliphatic heterocycles. The van der Waals surface area contributed by atoms with Crippen LogP contribution in [0.3, 0.4) is 0 Å². The van der Waals surface area contributed by atoms with Crippen LogP contribution in [0.25, 0.3) is 11.0 Å². The van der Waals surface area contributed by atoms with Crippen LogP contribution in [-0.2, 0) is 23.6 Å². The standard InChI is InChI=1S/C22H23BrN6O3S/c1-27-18-7-8-19(23)25-20(18)21(16(13-24)22(27)30)29-11-9-28(10-12-29)14-15-5-3-4-6-17(15)26-33(2,31)32/h3-8,26H,9-12,14H2,1-2H3. The fourth-order valence-corrected chi connectivity index (χ4v) is 5.01. The highest BCUT2D eigenvalue weighted by Gasteiger charge is 2.25. The molecular weight excluding hydrogens is 508 g/mol. The molecule has 11 heteroatoms. The highest BCUT2D eigenvalue weighted by atomic mass is 79.9. The van der Waals surface area contributed by atoms with E-state index in [4.69, 9.17) is 0 Å². The molecule has 9 nitrogen and oxygen atoms in total. The van der Waals surface area contributed by atoms with Gasteiger partial charge in [-0.2, -0.15) is 5.26 Å². The summed E-state index contributed by atoms with van der Waals surface area (Å²) < 4.78 is 28.1. The normalized spacial score (nSPS) is 14.9. The third-order valence-electron chi connectivity index (χ3n) is 5.69. The number of hydrogen-bond donors (Lipinski definition) is 1. The number of nitriles is 1. The van der Waals surface area contributed by atoms with Crippen molar-refractivity contribution in [3.63, 3.8) is 0 Å². The molecule has 0 spiro atoms. The van der Waals surface area contributed by atoms with Crippen molar-refractivity contribution in [2.24, 2.45) is 7.05 Å². The van der Waals surface area contributed by atoms with Crippen molar-refractivity contribution < 1.29 is 8.42 Å². The molecule has 172 valence electrons. The summed E-state index contributed by atoms with van der Waals surface area (Å²) in [5.41, 5.74) is 3.05. The highest BCUT2D eigenvalue weighted by Crippen LogP contribution is 2.29. The van der Waals surface area contributed by atoms with Crippen molar-refractivity contribution in [3.8, 4) is 6.07 Å². The predicted octanol–water partition coefficient (Wildman–Crippen LogP) is 2.26. The lowest BCUT2D eigenvalue weighted by Crippen LogP contribution is -2.47. The molecule has 0 radical (unpaired) electrons. The van der Waals surface area contributed by atoms with Gasteiger partial charge in [0.1, 0.15) is 21.8 Å². The van der Waals surface area contributed by atoms with Gasteiger partial charge in [0.05, 0.1) is 23.1 Å². The maximum Gasteiger partial charge on any atom is 0.270 e. The van der Waals surface area contributed by atoms with Gasteiger partial charge in [0.2, 0.25) is 10.0 Å².